The maximum atomic E-state index is 12.2. The number of hydrogen-bond acceptors (Lipinski definition) is 3. The summed E-state index contributed by atoms with van der Waals surface area (Å²) in [5.74, 6) is 0.537. The minimum absolute atomic E-state index is 0.168. The molecule has 4 heteroatoms. The van der Waals surface area contributed by atoms with Crippen LogP contribution in [0.25, 0.3) is 38.4 Å². The zero-order valence-corrected chi connectivity index (χ0v) is 18.0. The van der Waals surface area contributed by atoms with Gasteiger partial charge >= 0.3 is 0 Å². The van der Waals surface area contributed by atoms with Crippen LogP contribution in [0.4, 0.5) is 0 Å². The van der Waals surface area contributed by atoms with Crippen molar-refractivity contribution < 1.29 is 13.9 Å². The van der Waals surface area contributed by atoms with Gasteiger partial charge in [-0.15, -0.1) is 6.58 Å². The van der Waals surface area contributed by atoms with Crippen molar-refractivity contribution in [2.24, 2.45) is 0 Å². The number of furan rings is 1. The van der Waals surface area contributed by atoms with Gasteiger partial charge in [-0.05, 0) is 41.8 Å². The van der Waals surface area contributed by atoms with Gasteiger partial charge in [-0.25, -0.2) is 0 Å². The number of nitrogens with one attached hydrogen (secondary N) is 1. The van der Waals surface area contributed by atoms with Crippen molar-refractivity contribution in [1.82, 2.24) is 5.32 Å². The van der Waals surface area contributed by atoms with Crippen LogP contribution in [0.2, 0.25) is 0 Å². The normalized spacial score (nSPS) is 11.6. The smallest absolute Gasteiger partial charge is 0.244 e. The van der Waals surface area contributed by atoms with E-state index in [4.69, 9.17) is 9.15 Å². The third-order valence-corrected chi connectivity index (χ3v) is 5.52. The van der Waals surface area contributed by atoms with Gasteiger partial charge in [-0.2, -0.15) is 0 Å². The Kier molecular flexibility index (Phi) is 5.63. The number of carbonyl (C=O) groups excluding carboxylic acids is 1. The Morgan fingerprint density at radius 2 is 1.90 bits per heavy atom. The fourth-order valence-electron chi connectivity index (χ4n) is 4.04. The lowest BCUT2D eigenvalue weighted by Crippen LogP contribution is -2.20. The molecule has 1 amide bonds. The SMILES string of the molecule is C=CCNC(=O)/C=C(\C)c1cc2c(-c3cccc4ccccc34)coc2c(C)c1OC. The molecule has 0 atom stereocenters. The molecule has 4 aromatic rings. The Morgan fingerprint density at radius 3 is 2.68 bits per heavy atom. The highest BCUT2D eigenvalue weighted by atomic mass is 16.5. The van der Waals surface area contributed by atoms with E-state index in [1.807, 2.05) is 32.0 Å². The summed E-state index contributed by atoms with van der Waals surface area (Å²) in [6.07, 6.45) is 5.04. The van der Waals surface area contributed by atoms with Crippen LogP contribution in [-0.4, -0.2) is 19.6 Å². The second-order valence-electron chi connectivity index (χ2n) is 7.50. The van der Waals surface area contributed by atoms with E-state index >= 15 is 0 Å². The van der Waals surface area contributed by atoms with Gasteiger partial charge in [0.15, 0.2) is 0 Å². The van der Waals surface area contributed by atoms with E-state index in [1.54, 1.807) is 25.5 Å². The molecule has 0 saturated heterocycles. The number of aryl methyl sites for hydroxylation is 1. The van der Waals surface area contributed by atoms with Crippen LogP contribution in [0.15, 0.2) is 77.9 Å². The van der Waals surface area contributed by atoms with Gasteiger partial charge in [0.1, 0.15) is 11.3 Å². The molecule has 0 unspecified atom stereocenters. The van der Waals surface area contributed by atoms with Gasteiger partial charge in [0.25, 0.3) is 0 Å². The van der Waals surface area contributed by atoms with Crippen molar-refractivity contribution in [3.63, 3.8) is 0 Å². The Morgan fingerprint density at radius 1 is 1.13 bits per heavy atom. The summed E-state index contributed by atoms with van der Waals surface area (Å²) < 4.78 is 11.7. The summed E-state index contributed by atoms with van der Waals surface area (Å²) in [6.45, 7) is 7.94. The molecule has 3 aromatic carbocycles. The van der Waals surface area contributed by atoms with Crippen molar-refractivity contribution in [2.45, 2.75) is 13.8 Å². The average molecular weight is 412 g/mol. The number of amides is 1. The Bertz CT molecular complexity index is 1320. The Labute approximate surface area is 181 Å². The van der Waals surface area contributed by atoms with Gasteiger partial charge in [-0.3, -0.25) is 4.79 Å². The predicted molar refractivity (Wildman–Crippen MR) is 127 cm³/mol. The van der Waals surface area contributed by atoms with E-state index in [2.05, 4.69) is 42.2 Å². The van der Waals surface area contributed by atoms with Crippen molar-refractivity contribution >= 4 is 33.2 Å². The van der Waals surface area contributed by atoms with E-state index in [9.17, 15) is 4.79 Å². The number of benzene rings is 3. The van der Waals surface area contributed by atoms with E-state index in [1.165, 1.54) is 10.8 Å². The van der Waals surface area contributed by atoms with E-state index < -0.39 is 0 Å². The monoisotopic (exact) mass is 411 g/mol. The summed E-state index contributed by atoms with van der Waals surface area (Å²) in [6, 6.07) is 16.6. The van der Waals surface area contributed by atoms with Crippen LogP contribution in [0, 0.1) is 6.92 Å². The van der Waals surface area contributed by atoms with Crippen molar-refractivity contribution in [2.75, 3.05) is 13.7 Å². The number of rotatable bonds is 6. The second kappa shape index (κ2) is 8.52. The number of methoxy groups -OCH3 is 1. The van der Waals surface area contributed by atoms with Crippen LogP contribution in [0.3, 0.4) is 0 Å². The van der Waals surface area contributed by atoms with Crippen molar-refractivity contribution in [3.8, 4) is 16.9 Å². The van der Waals surface area contributed by atoms with Crippen molar-refractivity contribution in [1.29, 1.82) is 0 Å². The molecular formula is C27H25NO3. The highest BCUT2D eigenvalue weighted by Crippen LogP contribution is 2.42. The molecule has 4 nitrogen and oxygen atoms in total. The largest absolute Gasteiger partial charge is 0.496 e. The molecule has 0 aliphatic carbocycles. The quantitative estimate of drug-likeness (QED) is 0.300. The van der Waals surface area contributed by atoms with Crippen molar-refractivity contribution in [3.05, 3.63) is 84.7 Å². The van der Waals surface area contributed by atoms with Crippen LogP contribution < -0.4 is 10.1 Å². The average Bonchev–Trinajstić information content (AvgIpc) is 3.21. The molecule has 0 bridgehead atoms. The first kappa shape index (κ1) is 20.5. The molecular weight excluding hydrogens is 386 g/mol. The van der Waals surface area contributed by atoms with Crippen LogP contribution in [-0.2, 0) is 4.79 Å². The topological polar surface area (TPSA) is 51.5 Å². The number of allylic oxidation sites excluding steroid dienone is 1. The predicted octanol–water partition coefficient (Wildman–Crippen LogP) is 6.28. The molecule has 1 N–H and O–H groups in total. The fraction of sp³-hybridized carbons (Fsp3) is 0.148. The fourth-order valence-corrected chi connectivity index (χ4v) is 4.04. The molecule has 1 aromatic heterocycles. The third-order valence-electron chi connectivity index (χ3n) is 5.52. The molecule has 0 radical (unpaired) electrons. The summed E-state index contributed by atoms with van der Waals surface area (Å²) in [7, 11) is 1.64. The van der Waals surface area contributed by atoms with Gasteiger partial charge in [0, 0.05) is 34.7 Å². The molecule has 0 fully saturated rings. The van der Waals surface area contributed by atoms with Crippen LogP contribution in [0.5, 0.6) is 5.75 Å². The lowest BCUT2D eigenvalue weighted by atomic mass is 9.94. The molecule has 0 aliphatic rings. The van der Waals surface area contributed by atoms with E-state index in [0.29, 0.717) is 12.3 Å². The minimum Gasteiger partial charge on any atom is -0.496 e. The molecule has 0 spiro atoms. The maximum Gasteiger partial charge on any atom is 0.244 e. The maximum absolute atomic E-state index is 12.2. The summed E-state index contributed by atoms with van der Waals surface area (Å²) in [4.78, 5) is 12.2. The zero-order chi connectivity index (χ0) is 22.0. The molecule has 0 aliphatic heterocycles. The van der Waals surface area contributed by atoms with Crippen LogP contribution >= 0.6 is 0 Å². The Balaban J connectivity index is 1.92. The number of hydrogen-bond donors (Lipinski definition) is 1. The van der Waals surface area contributed by atoms with Gasteiger partial charge in [-0.1, -0.05) is 48.5 Å². The van der Waals surface area contributed by atoms with Gasteiger partial charge in [0.05, 0.1) is 13.4 Å². The lowest BCUT2D eigenvalue weighted by Gasteiger charge is -2.13. The van der Waals surface area contributed by atoms with E-state index in [-0.39, 0.29) is 5.91 Å². The summed E-state index contributed by atoms with van der Waals surface area (Å²) in [5, 5.41) is 6.11. The van der Waals surface area contributed by atoms with Crippen LogP contribution in [0.1, 0.15) is 18.1 Å². The molecule has 1 heterocycles. The number of fused-ring (bicyclic) bond motifs is 2. The van der Waals surface area contributed by atoms with Gasteiger partial charge in [0.2, 0.25) is 5.91 Å². The summed E-state index contributed by atoms with van der Waals surface area (Å²) >= 11 is 0. The van der Waals surface area contributed by atoms with E-state index in [0.717, 1.165) is 38.8 Å². The molecule has 31 heavy (non-hydrogen) atoms. The first-order valence-corrected chi connectivity index (χ1v) is 10.2. The Hall–Kier alpha value is -3.79. The highest BCUT2D eigenvalue weighted by Gasteiger charge is 2.19. The zero-order valence-electron chi connectivity index (χ0n) is 18.0. The first-order valence-electron chi connectivity index (χ1n) is 10.2. The van der Waals surface area contributed by atoms with Gasteiger partial charge < -0.3 is 14.5 Å². The second-order valence-corrected chi connectivity index (χ2v) is 7.50. The minimum atomic E-state index is -0.168. The molecule has 156 valence electrons. The highest BCUT2D eigenvalue weighted by molar-refractivity contribution is 6.07. The number of ether oxygens (including phenoxy) is 1. The third kappa shape index (κ3) is 3.73. The summed E-state index contributed by atoms with van der Waals surface area (Å²) in [5.41, 5.74) is 5.49. The molecule has 0 saturated carbocycles. The number of carbonyl (C=O) groups is 1. The lowest BCUT2D eigenvalue weighted by molar-refractivity contribution is -0.116. The first-order chi connectivity index (χ1) is 15.0. The molecule has 4 rings (SSSR count). The standard InChI is InChI=1S/C27H25NO3/c1-5-13-28-25(29)14-17(2)22-15-23-24(16-31-27(23)18(3)26(22)30-4)21-12-8-10-19-9-6-7-11-20(19)21/h5-12,14-16H,1,13H2,2-4H3,(H,28,29)/b17-14+.